The Bertz CT molecular complexity index is 521. The quantitative estimate of drug-likeness (QED) is 0.510. The predicted octanol–water partition coefficient (Wildman–Crippen LogP) is 3.61. The molecule has 0 heterocycles. The minimum absolute atomic E-state index is 0.156. The van der Waals surface area contributed by atoms with Crippen LogP contribution in [0.3, 0.4) is 0 Å². The lowest BCUT2D eigenvalue weighted by Crippen LogP contribution is -2.22. The molecule has 0 bridgehead atoms. The molecule has 0 spiro atoms. The van der Waals surface area contributed by atoms with E-state index in [-0.39, 0.29) is 6.42 Å². The lowest BCUT2D eigenvalue weighted by Gasteiger charge is -2.14. The highest BCUT2D eigenvalue weighted by atomic mass is 35.6. The van der Waals surface area contributed by atoms with Crippen molar-refractivity contribution in [3.8, 4) is 11.5 Å². The maximum atomic E-state index is 7.76. The van der Waals surface area contributed by atoms with Crippen molar-refractivity contribution < 1.29 is 17.0 Å². The first-order chi connectivity index (χ1) is 9.59. The Morgan fingerprint density at radius 3 is 2.42 bits per heavy atom. The van der Waals surface area contributed by atoms with Crippen LogP contribution in [0.15, 0.2) is 18.2 Å². The summed E-state index contributed by atoms with van der Waals surface area (Å²) in [6, 6.07) is 4.91. The summed E-state index contributed by atoms with van der Waals surface area (Å²) in [6.45, 7) is -2.21. The Labute approximate surface area is 129 Å². The number of benzene rings is 1. The first kappa shape index (κ1) is 13.2. The van der Waals surface area contributed by atoms with Crippen molar-refractivity contribution in [2.75, 3.05) is 20.8 Å². The van der Waals surface area contributed by atoms with Gasteiger partial charge in [0.2, 0.25) is 5.90 Å². The average molecular weight is 329 g/mol. The average Bonchev–Trinajstić information content (AvgIpc) is 2.36. The SMILES string of the molecule is [2H]C([2H])(Cc1ccc(OC)c(OC)c1)OC(=N)C(Cl)(Cl)Cl. The number of nitrogens with one attached hydrogen (secondary N) is 1. The normalized spacial score (nSPS) is 13.3. The number of aryl methyl sites for hydroxylation is 1. The Balaban J connectivity index is 2.86. The van der Waals surface area contributed by atoms with Gasteiger partial charge >= 0.3 is 0 Å². The number of methoxy groups -OCH3 is 2. The van der Waals surface area contributed by atoms with Crippen molar-refractivity contribution >= 4 is 40.7 Å². The van der Waals surface area contributed by atoms with Crippen LogP contribution in [0.25, 0.3) is 0 Å². The van der Waals surface area contributed by atoms with Crippen LogP contribution < -0.4 is 9.47 Å². The van der Waals surface area contributed by atoms with E-state index in [0.717, 1.165) is 0 Å². The van der Waals surface area contributed by atoms with Gasteiger partial charge in [-0.15, -0.1) is 0 Å². The summed E-state index contributed by atoms with van der Waals surface area (Å²) in [4.78, 5) is 0. The predicted molar refractivity (Wildman–Crippen MR) is 77.2 cm³/mol. The molecule has 1 aromatic rings. The number of hydrogen-bond acceptors (Lipinski definition) is 4. The van der Waals surface area contributed by atoms with Crippen molar-refractivity contribution in [1.82, 2.24) is 0 Å². The van der Waals surface area contributed by atoms with E-state index in [4.69, 9.17) is 57.2 Å². The van der Waals surface area contributed by atoms with Crippen molar-refractivity contribution in [3.05, 3.63) is 23.8 Å². The molecule has 0 radical (unpaired) electrons. The van der Waals surface area contributed by atoms with E-state index in [0.29, 0.717) is 17.1 Å². The smallest absolute Gasteiger partial charge is 0.265 e. The minimum atomic E-state index is -2.21. The fourth-order valence-electron chi connectivity index (χ4n) is 1.24. The van der Waals surface area contributed by atoms with Crippen LogP contribution in [0.1, 0.15) is 8.30 Å². The molecule has 4 nitrogen and oxygen atoms in total. The molecule has 1 aromatic carbocycles. The van der Waals surface area contributed by atoms with Gasteiger partial charge in [0.05, 0.1) is 23.5 Å². The zero-order chi connectivity index (χ0) is 16.3. The molecule has 1 rings (SSSR count). The van der Waals surface area contributed by atoms with E-state index >= 15 is 0 Å². The van der Waals surface area contributed by atoms with Gasteiger partial charge in [0.15, 0.2) is 11.5 Å². The molecule has 0 saturated heterocycles. The van der Waals surface area contributed by atoms with Crippen LogP contribution in [-0.2, 0) is 11.2 Å². The fourth-order valence-corrected chi connectivity index (χ4v) is 1.36. The van der Waals surface area contributed by atoms with Crippen LogP contribution in [0.5, 0.6) is 11.5 Å². The molecule has 106 valence electrons. The standard InChI is InChI=1S/C12H14Cl3NO3/c1-17-9-4-3-8(7-10(9)18-2)5-6-19-11(16)12(13,14)15/h3-4,7,16H,5-6H2,1-2H3/i6D2. The van der Waals surface area contributed by atoms with Gasteiger partial charge in [0, 0.05) is 6.42 Å². The first-order valence-corrected chi connectivity index (χ1v) is 6.28. The van der Waals surface area contributed by atoms with E-state index in [9.17, 15) is 0 Å². The Morgan fingerprint density at radius 1 is 1.26 bits per heavy atom. The van der Waals surface area contributed by atoms with E-state index in [1.165, 1.54) is 14.2 Å². The summed E-state index contributed by atoms with van der Waals surface area (Å²) < 4.78 is 28.4. The molecule has 0 aromatic heterocycles. The summed E-state index contributed by atoms with van der Waals surface area (Å²) in [5.41, 5.74) is 0.578. The second kappa shape index (κ2) is 7.08. The molecule has 19 heavy (non-hydrogen) atoms. The fraction of sp³-hybridized carbons (Fsp3) is 0.417. The van der Waals surface area contributed by atoms with Gasteiger partial charge in [-0.1, -0.05) is 40.9 Å². The third-order valence-electron chi connectivity index (χ3n) is 2.16. The monoisotopic (exact) mass is 327 g/mol. The number of ether oxygens (including phenoxy) is 3. The molecule has 0 aliphatic heterocycles. The molecule has 7 heteroatoms. The van der Waals surface area contributed by atoms with Crippen LogP contribution in [-0.4, -0.2) is 30.5 Å². The second-order valence-electron chi connectivity index (χ2n) is 3.44. The Kier molecular flexibility index (Phi) is 4.90. The van der Waals surface area contributed by atoms with E-state index in [2.05, 4.69) is 0 Å². The second-order valence-corrected chi connectivity index (χ2v) is 5.72. The first-order valence-electron chi connectivity index (χ1n) is 6.15. The number of alkyl halides is 3. The van der Waals surface area contributed by atoms with Gasteiger partial charge in [-0.25, -0.2) is 0 Å². The summed E-state index contributed by atoms with van der Waals surface area (Å²) >= 11 is 16.4. The van der Waals surface area contributed by atoms with Gasteiger partial charge < -0.3 is 14.2 Å². The summed E-state index contributed by atoms with van der Waals surface area (Å²) in [5.74, 6) is 0.206. The summed E-state index contributed by atoms with van der Waals surface area (Å²) in [6.07, 6.45) is -0.156. The Morgan fingerprint density at radius 2 is 1.89 bits per heavy atom. The van der Waals surface area contributed by atoms with Crippen molar-refractivity contribution in [3.63, 3.8) is 0 Å². The van der Waals surface area contributed by atoms with E-state index in [1.54, 1.807) is 18.2 Å². The van der Waals surface area contributed by atoms with Crippen molar-refractivity contribution in [1.29, 1.82) is 5.41 Å². The number of halogens is 3. The highest BCUT2D eigenvalue weighted by molar-refractivity contribution is 6.76. The molecule has 0 atom stereocenters. The van der Waals surface area contributed by atoms with Crippen LogP contribution in [0, 0.1) is 5.41 Å². The van der Waals surface area contributed by atoms with Crippen molar-refractivity contribution in [2.45, 2.75) is 10.2 Å². The van der Waals surface area contributed by atoms with Crippen LogP contribution in [0.4, 0.5) is 0 Å². The molecule has 0 amide bonds. The van der Waals surface area contributed by atoms with E-state index < -0.39 is 16.2 Å². The topological polar surface area (TPSA) is 51.5 Å². The molecule has 0 aliphatic carbocycles. The third-order valence-corrected chi connectivity index (χ3v) is 2.67. The molecule has 0 fully saturated rings. The molecule has 0 saturated carbocycles. The molecule has 0 unspecified atom stereocenters. The van der Waals surface area contributed by atoms with Crippen molar-refractivity contribution in [2.24, 2.45) is 0 Å². The van der Waals surface area contributed by atoms with Crippen LogP contribution >= 0.6 is 34.8 Å². The molecule has 0 aliphatic rings. The number of rotatable bonds is 5. The van der Waals surface area contributed by atoms with Gasteiger partial charge in [-0.05, 0) is 17.7 Å². The number of hydrogen-bond donors (Lipinski definition) is 1. The zero-order valence-corrected chi connectivity index (χ0v) is 12.6. The Hall–Kier alpha value is -0.840. The third kappa shape index (κ3) is 4.97. The maximum Gasteiger partial charge on any atom is 0.265 e. The van der Waals surface area contributed by atoms with Gasteiger partial charge in [-0.3, -0.25) is 5.41 Å². The van der Waals surface area contributed by atoms with E-state index in [1.807, 2.05) is 0 Å². The zero-order valence-electron chi connectivity index (χ0n) is 12.3. The molecular weight excluding hydrogens is 312 g/mol. The summed E-state index contributed by atoms with van der Waals surface area (Å²) in [5, 5.41) is 7.40. The maximum absolute atomic E-state index is 7.76. The highest BCUT2D eigenvalue weighted by Crippen LogP contribution is 2.29. The highest BCUT2D eigenvalue weighted by Gasteiger charge is 2.28. The van der Waals surface area contributed by atoms with Gasteiger partial charge in [0.25, 0.3) is 3.79 Å². The minimum Gasteiger partial charge on any atom is -0.493 e. The molecule has 1 N–H and O–H groups in total. The van der Waals surface area contributed by atoms with Gasteiger partial charge in [0.1, 0.15) is 0 Å². The lowest BCUT2D eigenvalue weighted by molar-refractivity contribution is 0.299. The largest absolute Gasteiger partial charge is 0.493 e. The van der Waals surface area contributed by atoms with Gasteiger partial charge in [-0.2, -0.15) is 0 Å². The lowest BCUT2D eigenvalue weighted by atomic mass is 10.1. The molecular formula is C12H14Cl3NO3. The van der Waals surface area contributed by atoms with Crippen LogP contribution in [0.2, 0.25) is 0 Å². The summed E-state index contributed by atoms with van der Waals surface area (Å²) in [7, 11) is 2.98.